The average molecular weight is 352 g/mol. The molecular weight excluding hydrogens is 335 g/mol. The summed E-state index contributed by atoms with van der Waals surface area (Å²) in [5.74, 6) is 0.0754. The second-order valence-electron chi connectivity index (χ2n) is 5.29. The van der Waals surface area contributed by atoms with Crippen molar-refractivity contribution in [3.63, 3.8) is 0 Å². The fraction of sp³-hybridized carbons (Fsp3) is 0.571. The summed E-state index contributed by atoms with van der Waals surface area (Å²) in [6, 6.07) is 2.55. The maximum absolute atomic E-state index is 12.7. The molecule has 1 aliphatic carbocycles. The maximum atomic E-state index is 12.7. The first kappa shape index (κ1) is 15.8. The topological polar surface area (TPSA) is 46.2 Å². The highest BCUT2D eigenvalue weighted by molar-refractivity contribution is 9.10. The molecule has 0 bridgehead atoms. The minimum absolute atomic E-state index is 0.0754. The van der Waals surface area contributed by atoms with Crippen molar-refractivity contribution >= 4 is 15.9 Å². The molecule has 0 spiro atoms. The number of aliphatic hydroxyl groups excluding tert-OH is 1. The molecule has 0 unspecified atom stereocenters. The van der Waals surface area contributed by atoms with Gasteiger partial charge in [-0.15, -0.1) is 0 Å². The number of benzene rings is 1. The summed E-state index contributed by atoms with van der Waals surface area (Å²) in [5, 5.41) is 10.3. The summed E-state index contributed by atoms with van der Waals surface area (Å²) >= 11 is 3.22. The van der Waals surface area contributed by atoms with Crippen LogP contribution in [0.4, 0.5) is 13.2 Å². The zero-order chi connectivity index (χ0) is 14.9. The van der Waals surface area contributed by atoms with Crippen molar-refractivity contribution in [1.29, 1.82) is 0 Å². The number of nitrogens with two attached hydrogens (primary N) is 1. The lowest BCUT2D eigenvalue weighted by molar-refractivity contribution is -0.137. The van der Waals surface area contributed by atoms with Crippen molar-refractivity contribution < 1.29 is 18.3 Å². The zero-order valence-electron chi connectivity index (χ0n) is 10.8. The Labute approximate surface area is 124 Å². The van der Waals surface area contributed by atoms with E-state index in [-0.39, 0.29) is 5.92 Å². The van der Waals surface area contributed by atoms with Crippen LogP contribution in [0.1, 0.15) is 42.9 Å². The molecule has 0 aromatic heterocycles. The van der Waals surface area contributed by atoms with E-state index in [1.54, 1.807) is 0 Å². The first-order valence-corrected chi connectivity index (χ1v) is 7.40. The Balaban J connectivity index is 2.26. The fourth-order valence-corrected chi connectivity index (χ4v) is 3.26. The van der Waals surface area contributed by atoms with Crippen molar-refractivity contribution in [1.82, 2.24) is 0 Å². The van der Waals surface area contributed by atoms with E-state index >= 15 is 0 Å². The minimum atomic E-state index is -4.41. The average Bonchev–Trinajstić information content (AvgIpc) is 2.90. The van der Waals surface area contributed by atoms with Crippen molar-refractivity contribution in [3.05, 3.63) is 33.8 Å². The second kappa shape index (κ2) is 6.03. The van der Waals surface area contributed by atoms with Crippen molar-refractivity contribution in [2.75, 3.05) is 0 Å². The SMILES string of the molecule is N[C@H](c1cc(C(F)(F)F)ccc1Br)[C@@H](O)C1CCCC1. The first-order valence-electron chi connectivity index (χ1n) is 6.61. The lowest BCUT2D eigenvalue weighted by atomic mass is 9.90. The fourth-order valence-electron chi connectivity index (χ4n) is 2.75. The first-order chi connectivity index (χ1) is 9.30. The summed E-state index contributed by atoms with van der Waals surface area (Å²) in [4.78, 5) is 0. The molecule has 0 heterocycles. The van der Waals surface area contributed by atoms with Crippen LogP contribution in [0.5, 0.6) is 0 Å². The van der Waals surface area contributed by atoms with Crippen molar-refractivity contribution in [2.45, 2.75) is 44.0 Å². The molecule has 0 aliphatic heterocycles. The highest BCUT2D eigenvalue weighted by Gasteiger charge is 2.34. The second-order valence-corrected chi connectivity index (χ2v) is 6.15. The Bertz CT molecular complexity index is 472. The van der Waals surface area contributed by atoms with Crippen LogP contribution in [-0.2, 0) is 6.18 Å². The van der Waals surface area contributed by atoms with E-state index in [4.69, 9.17) is 5.73 Å². The van der Waals surface area contributed by atoms with Crippen LogP contribution in [0, 0.1) is 5.92 Å². The van der Waals surface area contributed by atoms with Gasteiger partial charge in [-0.3, -0.25) is 0 Å². The molecule has 112 valence electrons. The van der Waals surface area contributed by atoms with Crippen LogP contribution in [0.3, 0.4) is 0 Å². The lowest BCUT2D eigenvalue weighted by Gasteiger charge is -2.26. The van der Waals surface area contributed by atoms with Gasteiger partial charge in [-0.05, 0) is 42.5 Å². The van der Waals surface area contributed by atoms with Crippen LogP contribution in [0.25, 0.3) is 0 Å². The Kier molecular flexibility index (Phi) is 4.76. The summed E-state index contributed by atoms with van der Waals surface area (Å²) in [5.41, 5.74) is 5.54. The smallest absolute Gasteiger partial charge is 0.391 e. The number of aliphatic hydroxyl groups is 1. The Morgan fingerprint density at radius 1 is 1.25 bits per heavy atom. The summed E-state index contributed by atoms with van der Waals surface area (Å²) < 4.78 is 38.7. The molecule has 0 amide bonds. The maximum Gasteiger partial charge on any atom is 0.416 e. The molecule has 1 aromatic rings. The van der Waals surface area contributed by atoms with Gasteiger partial charge in [-0.1, -0.05) is 28.8 Å². The molecule has 2 atom stereocenters. The molecule has 1 aliphatic rings. The molecule has 2 nitrogen and oxygen atoms in total. The largest absolute Gasteiger partial charge is 0.416 e. The third-order valence-corrected chi connectivity index (χ3v) is 4.66. The Morgan fingerprint density at radius 3 is 2.40 bits per heavy atom. The predicted octanol–water partition coefficient (Wildman–Crippen LogP) is 4.02. The summed E-state index contributed by atoms with van der Waals surface area (Å²) in [7, 11) is 0. The molecule has 0 saturated heterocycles. The van der Waals surface area contributed by atoms with Gasteiger partial charge >= 0.3 is 6.18 Å². The molecule has 1 fully saturated rings. The van der Waals surface area contributed by atoms with Crippen LogP contribution in [-0.4, -0.2) is 11.2 Å². The number of hydrogen-bond donors (Lipinski definition) is 2. The molecular formula is C14H17BrF3NO. The zero-order valence-corrected chi connectivity index (χ0v) is 12.4. The van der Waals surface area contributed by atoms with Gasteiger partial charge < -0.3 is 10.8 Å². The van der Waals surface area contributed by atoms with E-state index < -0.39 is 23.9 Å². The van der Waals surface area contributed by atoms with Gasteiger partial charge in [0.15, 0.2) is 0 Å². The van der Waals surface area contributed by atoms with Gasteiger partial charge in [0.1, 0.15) is 0 Å². The van der Waals surface area contributed by atoms with Crippen LogP contribution in [0.15, 0.2) is 22.7 Å². The molecule has 1 saturated carbocycles. The van der Waals surface area contributed by atoms with E-state index in [1.165, 1.54) is 6.07 Å². The number of rotatable bonds is 3. The standard InChI is InChI=1S/C14H17BrF3NO/c15-11-6-5-9(14(16,17)18)7-10(11)12(19)13(20)8-3-1-2-4-8/h5-8,12-13,20H,1-4,19H2/t12-,13+/m1/s1. The van der Waals surface area contributed by atoms with Crippen LogP contribution >= 0.6 is 15.9 Å². The molecule has 20 heavy (non-hydrogen) atoms. The molecule has 2 rings (SSSR count). The van der Waals surface area contributed by atoms with E-state index in [2.05, 4.69) is 15.9 Å². The van der Waals surface area contributed by atoms with E-state index in [0.29, 0.717) is 10.0 Å². The van der Waals surface area contributed by atoms with Gasteiger partial charge in [0.05, 0.1) is 17.7 Å². The van der Waals surface area contributed by atoms with Gasteiger partial charge in [0, 0.05) is 4.47 Å². The van der Waals surface area contributed by atoms with E-state index in [0.717, 1.165) is 37.8 Å². The van der Waals surface area contributed by atoms with Crippen LogP contribution in [0.2, 0.25) is 0 Å². The Morgan fingerprint density at radius 2 is 1.85 bits per heavy atom. The highest BCUT2D eigenvalue weighted by atomic mass is 79.9. The minimum Gasteiger partial charge on any atom is -0.391 e. The van der Waals surface area contributed by atoms with Gasteiger partial charge in [-0.2, -0.15) is 13.2 Å². The highest BCUT2D eigenvalue weighted by Crippen LogP contribution is 2.37. The normalized spacial score (nSPS) is 20.1. The number of alkyl halides is 3. The number of halogens is 4. The van der Waals surface area contributed by atoms with E-state index in [9.17, 15) is 18.3 Å². The molecule has 1 aromatic carbocycles. The third kappa shape index (κ3) is 3.35. The van der Waals surface area contributed by atoms with Gasteiger partial charge in [0.25, 0.3) is 0 Å². The summed E-state index contributed by atoms with van der Waals surface area (Å²) in [6.07, 6.45) is -1.38. The summed E-state index contributed by atoms with van der Waals surface area (Å²) in [6.45, 7) is 0. The van der Waals surface area contributed by atoms with E-state index in [1.807, 2.05) is 0 Å². The quantitative estimate of drug-likeness (QED) is 0.863. The Hall–Kier alpha value is -0.590. The number of hydrogen-bond acceptors (Lipinski definition) is 2. The van der Waals surface area contributed by atoms with Gasteiger partial charge in [0.2, 0.25) is 0 Å². The molecule has 0 radical (unpaired) electrons. The van der Waals surface area contributed by atoms with Crippen molar-refractivity contribution in [2.24, 2.45) is 11.7 Å². The monoisotopic (exact) mass is 351 g/mol. The molecule has 3 N–H and O–H groups in total. The van der Waals surface area contributed by atoms with Crippen molar-refractivity contribution in [3.8, 4) is 0 Å². The third-order valence-electron chi connectivity index (χ3n) is 3.93. The predicted molar refractivity (Wildman–Crippen MR) is 74.0 cm³/mol. The molecule has 6 heteroatoms. The lowest BCUT2D eigenvalue weighted by Crippen LogP contribution is -2.32. The van der Waals surface area contributed by atoms with Gasteiger partial charge in [-0.25, -0.2) is 0 Å². The van der Waals surface area contributed by atoms with Crippen LogP contribution < -0.4 is 5.73 Å².